The summed E-state index contributed by atoms with van der Waals surface area (Å²) in [6, 6.07) is 17.0. The highest BCUT2D eigenvalue weighted by atomic mass is 16.6. The lowest BCUT2D eigenvalue weighted by atomic mass is 10.1. The topological polar surface area (TPSA) is 85.4 Å². The second-order valence-corrected chi connectivity index (χ2v) is 6.23. The van der Waals surface area contributed by atoms with Gasteiger partial charge in [-0.25, -0.2) is 0 Å². The predicted molar refractivity (Wildman–Crippen MR) is 104 cm³/mol. The number of nitrogens with zero attached hydrogens (tertiary/aromatic N) is 1. The van der Waals surface area contributed by atoms with Crippen molar-refractivity contribution < 1.29 is 14.1 Å². The number of hydrogen-bond donors (Lipinski definition) is 1. The van der Waals surface area contributed by atoms with Crippen LogP contribution in [0.25, 0.3) is 11.3 Å². The number of carbonyl (C=O) groups is 1. The Bertz CT molecular complexity index is 945. The Morgan fingerprint density at radius 3 is 2.59 bits per heavy atom. The van der Waals surface area contributed by atoms with Gasteiger partial charge in [0.1, 0.15) is 5.76 Å². The molecule has 3 rings (SSSR count). The van der Waals surface area contributed by atoms with E-state index >= 15 is 0 Å². The number of nitro groups is 1. The van der Waals surface area contributed by atoms with Crippen LogP contribution in [0.1, 0.15) is 35.9 Å². The normalized spacial score (nSPS) is 10.6. The number of unbranched alkanes of at least 4 members (excludes halogenated alkanes) is 1. The second kappa shape index (κ2) is 8.31. The van der Waals surface area contributed by atoms with E-state index in [9.17, 15) is 14.9 Å². The molecule has 0 saturated carbocycles. The van der Waals surface area contributed by atoms with Crippen molar-refractivity contribution in [2.24, 2.45) is 0 Å². The minimum atomic E-state index is -0.468. The van der Waals surface area contributed by atoms with Crippen molar-refractivity contribution >= 4 is 17.3 Å². The zero-order chi connectivity index (χ0) is 19.2. The van der Waals surface area contributed by atoms with E-state index in [1.54, 1.807) is 24.3 Å². The number of aryl methyl sites for hydroxylation is 1. The Kier molecular flexibility index (Phi) is 5.66. The molecule has 1 aromatic heterocycles. The summed E-state index contributed by atoms with van der Waals surface area (Å²) in [6.45, 7) is 2.15. The van der Waals surface area contributed by atoms with Crippen molar-refractivity contribution in [1.82, 2.24) is 0 Å². The number of furan rings is 1. The van der Waals surface area contributed by atoms with Crippen LogP contribution >= 0.6 is 0 Å². The summed E-state index contributed by atoms with van der Waals surface area (Å²) in [4.78, 5) is 22.8. The van der Waals surface area contributed by atoms with Crippen molar-refractivity contribution in [3.05, 3.63) is 82.1 Å². The molecule has 0 aliphatic carbocycles. The molecule has 0 atom stereocenters. The first-order valence-corrected chi connectivity index (χ1v) is 8.82. The number of non-ortho nitro benzene ring substituents is 1. The lowest BCUT2D eigenvalue weighted by molar-refractivity contribution is -0.384. The van der Waals surface area contributed by atoms with Crippen LogP contribution in [0.5, 0.6) is 0 Å². The highest BCUT2D eigenvalue weighted by molar-refractivity contribution is 6.02. The summed E-state index contributed by atoms with van der Waals surface area (Å²) in [6.07, 6.45) is 3.30. The van der Waals surface area contributed by atoms with Gasteiger partial charge < -0.3 is 9.73 Å². The standard InChI is InChI=1S/C21H20N2O4/c1-2-3-5-15-8-10-17(11-9-15)22-21(24)20-13-12-19(27-20)16-6-4-7-18(14-16)23(25)26/h4,6-14H,2-3,5H2,1H3,(H,22,24). The summed E-state index contributed by atoms with van der Waals surface area (Å²) in [5.74, 6) is 0.179. The van der Waals surface area contributed by atoms with Crippen molar-refractivity contribution in [2.45, 2.75) is 26.2 Å². The van der Waals surface area contributed by atoms with Crippen LogP contribution in [0.3, 0.4) is 0 Å². The van der Waals surface area contributed by atoms with Crippen LogP contribution in [0.2, 0.25) is 0 Å². The first kappa shape index (κ1) is 18.4. The molecule has 6 nitrogen and oxygen atoms in total. The van der Waals surface area contributed by atoms with E-state index in [0.717, 1.165) is 19.3 Å². The van der Waals surface area contributed by atoms with Gasteiger partial charge in [-0.2, -0.15) is 0 Å². The van der Waals surface area contributed by atoms with Crippen LogP contribution in [-0.2, 0) is 6.42 Å². The Hall–Kier alpha value is -3.41. The van der Waals surface area contributed by atoms with E-state index in [1.165, 1.54) is 17.7 Å². The van der Waals surface area contributed by atoms with Gasteiger partial charge in [0.2, 0.25) is 0 Å². The van der Waals surface area contributed by atoms with Crippen LogP contribution in [0, 0.1) is 10.1 Å². The first-order chi connectivity index (χ1) is 13.1. The minimum absolute atomic E-state index is 0.0296. The van der Waals surface area contributed by atoms with Gasteiger partial charge in [-0.3, -0.25) is 14.9 Å². The van der Waals surface area contributed by atoms with E-state index in [0.29, 0.717) is 17.0 Å². The Morgan fingerprint density at radius 1 is 1.11 bits per heavy atom. The maximum absolute atomic E-state index is 12.4. The monoisotopic (exact) mass is 364 g/mol. The third kappa shape index (κ3) is 4.61. The number of benzene rings is 2. The van der Waals surface area contributed by atoms with E-state index in [1.807, 2.05) is 24.3 Å². The van der Waals surface area contributed by atoms with E-state index in [-0.39, 0.29) is 17.4 Å². The number of nitrogens with one attached hydrogen (secondary N) is 1. The summed E-state index contributed by atoms with van der Waals surface area (Å²) in [5.41, 5.74) is 2.44. The van der Waals surface area contributed by atoms with Gasteiger partial charge in [0, 0.05) is 23.4 Å². The highest BCUT2D eigenvalue weighted by Crippen LogP contribution is 2.26. The lowest BCUT2D eigenvalue weighted by Gasteiger charge is -2.05. The van der Waals surface area contributed by atoms with Gasteiger partial charge in [-0.05, 0) is 42.7 Å². The van der Waals surface area contributed by atoms with E-state index in [2.05, 4.69) is 12.2 Å². The molecule has 0 aliphatic rings. The van der Waals surface area contributed by atoms with Gasteiger partial charge in [-0.15, -0.1) is 0 Å². The van der Waals surface area contributed by atoms with Crippen molar-refractivity contribution in [3.8, 4) is 11.3 Å². The maximum atomic E-state index is 12.4. The fraction of sp³-hybridized carbons (Fsp3) is 0.190. The largest absolute Gasteiger partial charge is 0.451 e. The Labute approximate surface area is 157 Å². The van der Waals surface area contributed by atoms with Crippen LogP contribution < -0.4 is 5.32 Å². The maximum Gasteiger partial charge on any atom is 0.291 e. The Morgan fingerprint density at radius 2 is 1.89 bits per heavy atom. The fourth-order valence-corrected chi connectivity index (χ4v) is 2.72. The quantitative estimate of drug-likeness (QED) is 0.446. The smallest absolute Gasteiger partial charge is 0.291 e. The molecule has 0 bridgehead atoms. The molecule has 0 aliphatic heterocycles. The molecule has 1 N–H and O–H groups in total. The molecule has 2 aromatic carbocycles. The van der Waals surface area contributed by atoms with Gasteiger partial charge in [0.25, 0.3) is 11.6 Å². The van der Waals surface area contributed by atoms with Crippen LogP contribution in [0.15, 0.2) is 65.1 Å². The molecule has 0 spiro atoms. The van der Waals surface area contributed by atoms with Gasteiger partial charge in [0.05, 0.1) is 4.92 Å². The van der Waals surface area contributed by atoms with Crippen LogP contribution in [-0.4, -0.2) is 10.8 Å². The molecule has 0 radical (unpaired) electrons. The molecular weight excluding hydrogens is 344 g/mol. The zero-order valence-corrected chi connectivity index (χ0v) is 15.0. The molecule has 138 valence electrons. The number of rotatable bonds is 7. The van der Waals surface area contributed by atoms with Gasteiger partial charge in [0.15, 0.2) is 5.76 Å². The molecule has 0 saturated heterocycles. The highest BCUT2D eigenvalue weighted by Gasteiger charge is 2.14. The molecule has 27 heavy (non-hydrogen) atoms. The number of nitro benzene ring substituents is 1. The second-order valence-electron chi connectivity index (χ2n) is 6.23. The van der Waals surface area contributed by atoms with Crippen molar-refractivity contribution in [2.75, 3.05) is 5.32 Å². The summed E-state index contributed by atoms with van der Waals surface area (Å²) in [5, 5.41) is 13.7. The molecular formula is C21H20N2O4. The number of hydrogen-bond acceptors (Lipinski definition) is 4. The Balaban J connectivity index is 1.70. The van der Waals surface area contributed by atoms with Crippen molar-refractivity contribution in [1.29, 1.82) is 0 Å². The van der Waals surface area contributed by atoms with Gasteiger partial charge in [-0.1, -0.05) is 37.6 Å². The average Bonchev–Trinajstić information content (AvgIpc) is 3.18. The summed E-state index contributed by atoms with van der Waals surface area (Å²) >= 11 is 0. The molecule has 1 heterocycles. The van der Waals surface area contributed by atoms with Crippen molar-refractivity contribution in [3.63, 3.8) is 0 Å². The third-order valence-electron chi connectivity index (χ3n) is 4.20. The number of amides is 1. The SMILES string of the molecule is CCCCc1ccc(NC(=O)c2ccc(-c3cccc([N+](=O)[O-])c3)o2)cc1. The molecule has 1 amide bonds. The third-order valence-corrected chi connectivity index (χ3v) is 4.20. The molecule has 3 aromatic rings. The molecule has 0 unspecified atom stereocenters. The summed E-state index contributed by atoms with van der Waals surface area (Å²) in [7, 11) is 0. The first-order valence-electron chi connectivity index (χ1n) is 8.82. The van der Waals surface area contributed by atoms with Gasteiger partial charge >= 0.3 is 0 Å². The van der Waals surface area contributed by atoms with E-state index < -0.39 is 4.92 Å². The summed E-state index contributed by atoms with van der Waals surface area (Å²) < 4.78 is 5.58. The molecule has 6 heteroatoms. The number of anilines is 1. The molecule has 0 fully saturated rings. The average molecular weight is 364 g/mol. The fourth-order valence-electron chi connectivity index (χ4n) is 2.72. The minimum Gasteiger partial charge on any atom is -0.451 e. The van der Waals surface area contributed by atoms with Crippen LogP contribution in [0.4, 0.5) is 11.4 Å². The van der Waals surface area contributed by atoms with E-state index in [4.69, 9.17) is 4.42 Å². The number of carbonyl (C=O) groups excluding carboxylic acids is 1. The zero-order valence-electron chi connectivity index (χ0n) is 15.0. The lowest BCUT2D eigenvalue weighted by Crippen LogP contribution is -2.10. The predicted octanol–water partition coefficient (Wildman–Crippen LogP) is 5.45.